The Labute approximate surface area is 134 Å². The van der Waals surface area contributed by atoms with Crippen molar-refractivity contribution in [3.05, 3.63) is 28.2 Å². The highest BCUT2D eigenvalue weighted by Gasteiger charge is 2.20. The molecule has 0 heterocycles. The zero-order valence-electron chi connectivity index (χ0n) is 12.5. The monoisotopic (exact) mass is 376 g/mol. The van der Waals surface area contributed by atoms with Gasteiger partial charge in [0.15, 0.2) is 0 Å². The van der Waals surface area contributed by atoms with Crippen molar-refractivity contribution in [2.75, 3.05) is 13.1 Å². The van der Waals surface area contributed by atoms with Gasteiger partial charge in [-0.2, -0.15) is 0 Å². The van der Waals surface area contributed by atoms with E-state index in [2.05, 4.69) is 29.8 Å². The van der Waals surface area contributed by atoms with Gasteiger partial charge in [-0.15, -0.1) is 0 Å². The van der Waals surface area contributed by atoms with Crippen molar-refractivity contribution in [2.24, 2.45) is 11.1 Å². The van der Waals surface area contributed by atoms with Crippen LogP contribution in [0.3, 0.4) is 0 Å². The molecule has 5 nitrogen and oxygen atoms in total. The summed E-state index contributed by atoms with van der Waals surface area (Å²) in [6.07, 6.45) is 0.979. The third-order valence-electron chi connectivity index (χ3n) is 3.38. The Bertz CT molecular complexity index is 617. The predicted octanol–water partition coefficient (Wildman–Crippen LogP) is 2.60. The number of sulfonamides is 1. The van der Waals surface area contributed by atoms with E-state index < -0.39 is 10.0 Å². The summed E-state index contributed by atoms with van der Waals surface area (Å²) < 4.78 is 23.4. The fraction of sp³-hybridized carbons (Fsp3) is 0.500. The number of nitrogens with two attached hydrogens (primary N) is 1. The smallest absolute Gasteiger partial charge is 0.253 e. The van der Waals surface area contributed by atoms with E-state index in [-0.39, 0.29) is 10.8 Å². The summed E-state index contributed by atoms with van der Waals surface area (Å²) in [7, 11) is -3.87. The molecule has 0 aliphatic carbocycles. The SMILES string of the molecule is CCC(C)CN(CC)C(=O)c1ccc(Br)c(S(N)(=O)=O)c1. The molecule has 0 radical (unpaired) electrons. The second kappa shape index (κ2) is 7.38. The van der Waals surface area contributed by atoms with Crippen molar-refractivity contribution in [3.8, 4) is 0 Å². The Hall–Kier alpha value is -0.920. The van der Waals surface area contributed by atoms with Crippen LogP contribution in [-0.2, 0) is 10.0 Å². The van der Waals surface area contributed by atoms with Gasteiger partial charge in [0.05, 0.1) is 4.90 Å². The maximum absolute atomic E-state index is 12.5. The van der Waals surface area contributed by atoms with Gasteiger partial charge in [0.1, 0.15) is 0 Å². The summed E-state index contributed by atoms with van der Waals surface area (Å²) in [6.45, 7) is 7.27. The molecule has 21 heavy (non-hydrogen) atoms. The summed E-state index contributed by atoms with van der Waals surface area (Å²) >= 11 is 3.14. The summed E-state index contributed by atoms with van der Waals surface area (Å²) in [5, 5.41) is 5.15. The zero-order valence-corrected chi connectivity index (χ0v) is 14.9. The third-order valence-corrected chi connectivity index (χ3v) is 5.29. The highest BCUT2D eigenvalue weighted by molar-refractivity contribution is 9.10. The number of amides is 1. The number of hydrogen-bond donors (Lipinski definition) is 1. The molecule has 2 N–H and O–H groups in total. The van der Waals surface area contributed by atoms with Gasteiger partial charge < -0.3 is 4.90 Å². The van der Waals surface area contributed by atoms with Gasteiger partial charge in [-0.3, -0.25) is 4.79 Å². The highest BCUT2D eigenvalue weighted by Crippen LogP contribution is 2.23. The van der Waals surface area contributed by atoms with Gasteiger partial charge in [-0.25, -0.2) is 13.6 Å². The first-order chi connectivity index (χ1) is 9.70. The molecule has 0 spiro atoms. The minimum absolute atomic E-state index is 0.0760. The Morgan fingerprint density at radius 3 is 2.48 bits per heavy atom. The molecule has 0 aromatic heterocycles. The molecule has 1 unspecified atom stereocenters. The van der Waals surface area contributed by atoms with Crippen LogP contribution in [0.1, 0.15) is 37.6 Å². The van der Waals surface area contributed by atoms with Crippen molar-refractivity contribution >= 4 is 31.9 Å². The lowest BCUT2D eigenvalue weighted by molar-refractivity contribution is 0.0740. The van der Waals surface area contributed by atoms with Crippen molar-refractivity contribution in [1.82, 2.24) is 4.90 Å². The van der Waals surface area contributed by atoms with Gasteiger partial charge in [0.25, 0.3) is 5.91 Å². The summed E-state index contributed by atoms with van der Waals surface area (Å²) in [5.74, 6) is 0.206. The summed E-state index contributed by atoms with van der Waals surface area (Å²) in [4.78, 5) is 14.1. The number of nitrogens with zero attached hydrogens (tertiary/aromatic N) is 1. The van der Waals surface area contributed by atoms with E-state index in [1.165, 1.54) is 12.1 Å². The maximum atomic E-state index is 12.5. The topological polar surface area (TPSA) is 80.5 Å². The molecular formula is C14H21BrN2O3S. The number of benzene rings is 1. The molecule has 1 amide bonds. The molecule has 118 valence electrons. The van der Waals surface area contributed by atoms with Crippen LogP contribution in [0.4, 0.5) is 0 Å². The first-order valence-corrected chi connectivity index (χ1v) is 9.16. The number of primary sulfonamides is 1. The molecule has 0 aliphatic heterocycles. The Kier molecular flexibility index (Phi) is 6.37. The summed E-state index contributed by atoms with van der Waals surface area (Å²) in [5.41, 5.74) is 0.326. The molecule has 0 fully saturated rings. The Morgan fingerprint density at radius 2 is 2.00 bits per heavy atom. The Balaban J connectivity index is 3.12. The fourth-order valence-electron chi connectivity index (χ4n) is 1.90. The van der Waals surface area contributed by atoms with E-state index in [0.29, 0.717) is 29.0 Å². The van der Waals surface area contributed by atoms with Crippen LogP contribution in [0.2, 0.25) is 0 Å². The molecule has 0 saturated heterocycles. The molecule has 7 heteroatoms. The fourth-order valence-corrected chi connectivity index (χ4v) is 3.45. The van der Waals surface area contributed by atoms with Crippen LogP contribution < -0.4 is 5.14 Å². The molecule has 1 aromatic carbocycles. The minimum atomic E-state index is -3.87. The molecule has 0 aliphatic rings. The molecular weight excluding hydrogens is 356 g/mol. The molecule has 1 aromatic rings. The van der Waals surface area contributed by atoms with E-state index >= 15 is 0 Å². The van der Waals surface area contributed by atoms with Gasteiger partial charge in [0.2, 0.25) is 10.0 Å². The van der Waals surface area contributed by atoms with Gasteiger partial charge in [0, 0.05) is 23.1 Å². The van der Waals surface area contributed by atoms with Gasteiger partial charge >= 0.3 is 0 Å². The normalized spacial score (nSPS) is 13.0. The van der Waals surface area contributed by atoms with Crippen LogP contribution in [0, 0.1) is 5.92 Å². The quantitative estimate of drug-likeness (QED) is 0.828. The van der Waals surface area contributed by atoms with Crippen LogP contribution in [-0.4, -0.2) is 32.3 Å². The molecule has 0 bridgehead atoms. The van der Waals surface area contributed by atoms with Gasteiger partial charge in [-0.05, 0) is 47.0 Å². The minimum Gasteiger partial charge on any atom is -0.339 e. The lowest BCUT2D eigenvalue weighted by Gasteiger charge is -2.24. The predicted molar refractivity (Wildman–Crippen MR) is 86.5 cm³/mol. The second-order valence-electron chi connectivity index (χ2n) is 5.05. The maximum Gasteiger partial charge on any atom is 0.253 e. The lowest BCUT2D eigenvalue weighted by atomic mass is 10.1. The largest absolute Gasteiger partial charge is 0.339 e. The van der Waals surface area contributed by atoms with E-state index in [4.69, 9.17) is 5.14 Å². The van der Waals surface area contributed by atoms with Gasteiger partial charge in [-0.1, -0.05) is 20.3 Å². The Morgan fingerprint density at radius 1 is 1.38 bits per heavy atom. The van der Waals surface area contributed by atoms with Crippen LogP contribution >= 0.6 is 15.9 Å². The number of carbonyl (C=O) groups is 1. The average molecular weight is 377 g/mol. The summed E-state index contributed by atoms with van der Waals surface area (Å²) in [6, 6.07) is 4.45. The van der Waals surface area contributed by atoms with Crippen molar-refractivity contribution in [3.63, 3.8) is 0 Å². The van der Waals surface area contributed by atoms with Crippen molar-refractivity contribution in [2.45, 2.75) is 32.1 Å². The first-order valence-electron chi connectivity index (χ1n) is 6.82. The average Bonchev–Trinajstić information content (AvgIpc) is 2.42. The molecule has 0 saturated carbocycles. The van der Waals surface area contributed by atoms with E-state index in [1.807, 2.05) is 6.92 Å². The highest BCUT2D eigenvalue weighted by atomic mass is 79.9. The van der Waals surface area contributed by atoms with Crippen LogP contribution in [0.15, 0.2) is 27.6 Å². The zero-order chi connectivity index (χ0) is 16.2. The van der Waals surface area contributed by atoms with Crippen molar-refractivity contribution < 1.29 is 13.2 Å². The molecule has 1 rings (SSSR count). The van der Waals surface area contributed by atoms with Crippen LogP contribution in [0.25, 0.3) is 0 Å². The number of rotatable bonds is 6. The number of carbonyl (C=O) groups excluding carboxylic acids is 1. The molecule has 1 atom stereocenters. The number of hydrogen-bond acceptors (Lipinski definition) is 3. The van der Waals surface area contributed by atoms with E-state index in [1.54, 1.807) is 11.0 Å². The first kappa shape index (κ1) is 18.1. The van der Waals surface area contributed by atoms with Crippen LogP contribution in [0.5, 0.6) is 0 Å². The van der Waals surface area contributed by atoms with E-state index in [0.717, 1.165) is 6.42 Å². The lowest BCUT2D eigenvalue weighted by Crippen LogP contribution is -2.34. The third kappa shape index (κ3) is 4.79. The van der Waals surface area contributed by atoms with E-state index in [9.17, 15) is 13.2 Å². The number of halogens is 1. The standard InChI is InChI=1S/C14H21BrN2O3S/c1-4-10(3)9-17(5-2)14(18)11-6-7-12(15)13(8-11)21(16,19)20/h6-8,10H,4-5,9H2,1-3H3,(H2,16,19,20). The second-order valence-corrected chi connectivity index (χ2v) is 7.43. The van der Waals surface area contributed by atoms with Crippen molar-refractivity contribution in [1.29, 1.82) is 0 Å².